The van der Waals surface area contributed by atoms with Gasteiger partial charge in [-0.25, -0.2) is 9.78 Å². The maximum Gasteiger partial charge on any atom is 0.319 e. The number of aryl methyl sites for hydroxylation is 2. The average Bonchev–Trinajstić information content (AvgIpc) is 3.20. The number of hydrogen-bond acceptors (Lipinski definition) is 5. The smallest absolute Gasteiger partial charge is 0.319 e. The molecule has 7 nitrogen and oxygen atoms in total. The SMILES string of the molecule is CCc1ccc(NC(=O)NCCNc2nc(C)cc(N3CCCC3)n2)cc1. The molecule has 144 valence electrons. The van der Waals surface area contributed by atoms with Gasteiger partial charge in [-0.3, -0.25) is 0 Å². The number of hydrogen-bond donors (Lipinski definition) is 3. The fourth-order valence-corrected chi connectivity index (χ4v) is 3.09. The lowest BCUT2D eigenvalue weighted by Crippen LogP contribution is -2.32. The maximum atomic E-state index is 12.0. The van der Waals surface area contributed by atoms with E-state index in [9.17, 15) is 4.79 Å². The van der Waals surface area contributed by atoms with E-state index in [2.05, 4.69) is 37.7 Å². The van der Waals surface area contributed by atoms with E-state index < -0.39 is 0 Å². The molecule has 1 aliphatic heterocycles. The minimum Gasteiger partial charge on any atom is -0.356 e. The fourth-order valence-electron chi connectivity index (χ4n) is 3.09. The summed E-state index contributed by atoms with van der Waals surface area (Å²) in [5.41, 5.74) is 2.97. The number of anilines is 3. The van der Waals surface area contributed by atoms with Crippen LogP contribution in [0.2, 0.25) is 0 Å². The first-order chi connectivity index (χ1) is 13.1. The third kappa shape index (κ3) is 5.57. The molecule has 0 saturated carbocycles. The topological polar surface area (TPSA) is 82.2 Å². The van der Waals surface area contributed by atoms with E-state index in [1.165, 1.54) is 18.4 Å². The predicted octanol–water partition coefficient (Wildman–Crippen LogP) is 3.18. The molecule has 2 aromatic rings. The Kier molecular flexibility index (Phi) is 6.46. The first-order valence-corrected chi connectivity index (χ1v) is 9.62. The highest BCUT2D eigenvalue weighted by atomic mass is 16.2. The number of carbonyl (C=O) groups excluding carboxylic acids is 1. The van der Waals surface area contributed by atoms with Crippen LogP contribution in [0.1, 0.15) is 31.0 Å². The fraction of sp³-hybridized carbons (Fsp3) is 0.450. The summed E-state index contributed by atoms with van der Waals surface area (Å²) in [6, 6.07) is 9.67. The van der Waals surface area contributed by atoms with Crippen molar-refractivity contribution in [3.63, 3.8) is 0 Å². The van der Waals surface area contributed by atoms with Crippen molar-refractivity contribution in [2.24, 2.45) is 0 Å². The van der Waals surface area contributed by atoms with E-state index in [4.69, 9.17) is 0 Å². The first kappa shape index (κ1) is 18.9. The highest BCUT2D eigenvalue weighted by molar-refractivity contribution is 5.89. The molecule has 1 aliphatic rings. The van der Waals surface area contributed by atoms with Crippen molar-refractivity contribution in [2.75, 3.05) is 41.7 Å². The van der Waals surface area contributed by atoms with E-state index in [0.717, 1.165) is 36.7 Å². The Hall–Kier alpha value is -2.83. The van der Waals surface area contributed by atoms with Crippen LogP contribution in [0.3, 0.4) is 0 Å². The van der Waals surface area contributed by atoms with E-state index in [1.807, 2.05) is 37.3 Å². The molecular formula is C20H28N6O. The van der Waals surface area contributed by atoms with Gasteiger partial charge in [-0.15, -0.1) is 0 Å². The molecule has 0 atom stereocenters. The molecule has 1 aromatic heterocycles. The van der Waals surface area contributed by atoms with Gasteiger partial charge in [0, 0.05) is 43.6 Å². The van der Waals surface area contributed by atoms with Gasteiger partial charge in [0.1, 0.15) is 5.82 Å². The third-order valence-corrected chi connectivity index (χ3v) is 4.58. The molecule has 1 aromatic carbocycles. The van der Waals surface area contributed by atoms with Crippen molar-refractivity contribution < 1.29 is 4.79 Å². The Bertz CT molecular complexity index is 756. The van der Waals surface area contributed by atoms with E-state index in [-0.39, 0.29) is 6.03 Å². The summed E-state index contributed by atoms with van der Waals surface area (Å²) in [6.07, 6.45) is 3.41. The van der Waals surface area contributed by atoms with Crippen LogP contribution in [0, 0.1) is 6.92 Å². The number of aromatic nitrogens is 2. The van der Waals surface area contributed by atoms with Crippen molar-refractivity contribution in [1.82, 2.24) is 15.3 Å². The van der Waals surface area contributed by atoms with Crippen LogP contribution in [-0.2, 0) is 6.42 Å². The Labute approximate surface area is 160 Å². The van der Waals surface area contributed by atoms with E-state index >= 15 is 0 Å². The van der Waals surface area contributed by atoms with Crippen LogP contribution in [0.4, 0.5) is 22.2 Å². The van der Waals surface area contributed by atoms with E-state index in [0.29, 0.717) is 19.0 Å². The largest absolute Gasteiger partial charge is 0.356 e. The molecule has 7 heteroatoms. The highest BCUT2D eigenvalue weighted by Crippen LogP contribution is 2.19. The van der Waals surface area contributed by atoms with Gasteiger partial charge in [-0.05, 0) is 43.9 Å². The standard InChI is InChI=1S/C20H28N6O/c1-3-16-6-8-17(9-7-16)24-20(27)22-11-10-21-19-23-15(2)14-18(25-19)26-12-4-5-13-26/h6-9,14H,3-5,10-13H2,1-2H3,(H,21,23,25)(H2,22,24,27). The lowest BCUT2D eigenvalue weighted by molar-refractivity contribution is 0.252. The second-order valence-electron chi connectivity index (χ2n) is 6.74. The van der Waals surface area contributed by atoms with Crippen LogP contribution in [0.15, 0.2) is 30.3 Å². The number of nitrogens with zero attached hydrogens (tertiary/aromatic N) is 3. The van der Waals surface area contributed by atoms with Gasteiger partial charge in [0.25, 0.3) is 0 Å². The Morgan fingerprint density at radius 2 is 1.85 bits per heavy atom. The summed E-state index contributed by atoms with van der Waals surface area (Å²) in [7, 11) is 0. The first-order valence-electron chi connectivity index (χ1n) is 9.62. The summed E-state index contributed by atoms with van der Waals surface area (Å²) < 4.78 is 0. The maximum absolute atomic E-state index is 12.0. The molecule has 0 radical (unpaired) electrons. The van der Waals surface area contributed by atoms with Gasteiger partial charge in [0.15, 0.2) is 0 Å². The number of benzene rings is 1. The molecule has 1 fully saturated rings. The summed E-state index contributed by atoms with van der Waals surface area (Å²) in [5, 5.41) is 8.86. The summed E-state index contributed by atoms with van der Waals surface area (Å²) in [6.45, 7) is 7.23. The van der Waals surface area contributed by atoms with Crippen molar-refractivity contribution in [3.8, 4) is 0 Å². The van der Waals surface area contributed by atoms with Crippen LogP contribution < -0.4 is 20.9 Å². The number of rotatable bonds is 7. The summed E-state index contributed by atoms with van der Waals surface area (Å²) in [5.74, 6) is 1.58. The molecule has 2 heterocycles. The second-order valence-corrected chi connectivity index (χ2v) is 6.74. The second kappa shape index (κ2) is 9.21. The molecule has 0 unspecified atom stereocenters. The van der Waals surface area contributed by atoms with Gasteiger partial charge >= 0.3 is 6.03 Å². The molecule has 3 rings (SSSR count). The zero-order chi connectivity index (χ0) is 19.1. The van der Waals surface area contributed by atoms with Gasteiger partial charge in [-0.1, -0.05) is 19.1 Å². The van der Waals surface area contributed by atoms with Gasteiger partial charge in [0.2, 0.25) is 5.95 Å². The predicted molar refractivity (Wildman–Crippen MR) is 110 cm³/mol. The Morgan fingerprint density at radius 1 is 1.11 bits per heavy atom. The molecule has 3 N–H and O–H groups in total. The lowest BCUT2D eigenvalue weighted by Gasteiger charge is -2.17. The lowest BCUT2D eigenvalue weighted by atomic mass is 10.1. The van der Waals surface area contributed by atoms with Crippen molar-refractivity contribution in [2.45, 2.75) is 33.1 Å². The van der Waals surface area contributed by atoms with E-state index in [1.54, 1.807) is 0 Å². The minimum absolute atomic E-state index is 0.219. The number of nitrogens with one attached hydrogen (secondary N) is 3. The number of amides is 2. The normalized spacial score (nSPS) is 13.5. The summed E-state index contributed by atoms with van der Waals surface area (Å²) >= 11 is 0. The molecule has 1 saturated heterocycles. The molecule has 27 heavy (non-hydrogen) atoms. The van der Waals surface area contributed by atoms with Gasteiger partial charge in [-0.2, -0.15) is 4.98 Å². The monoisotopic (exact) mass is 368 g/mol. The highest BCUT2D eigenvalue weighted by Gasteiger charge is 2.15. The van der Waals surface area contributed by atoms with Crippen molar-refractivity contribution >= 4 is 23.5 Å². The Balaban J connectivity index is 1.43. The zero-order valence-corrected chi connectivity index (χ0v) is 16.1. The Morgan fingerprint density at radius 3 is 2.56 bits per heavy atom. The molecule has 2 amide bonds. The van der Waals surface area contributed by atoms with Crippen LogP contribution in [0.25, 0.3) is 0 Å². The van der Waals surface area contributed by atoms with Gasteiger partial charge < -0.3 is 20.9 Å². The molecule has 0 bridgehead atoms. The average molecular weight is 368 g/mol. The van der Waals surface area contributed by atoms with Gasteiger partial charge in [0.05, 0.1) is 0 Å². The third-order valence-electron chi connectivity index (χ3n) is 4.58. The molecule has 0 aliphatic carbocycles. The van der Waals surface area contributed by atoms with Crippen LogP contribution in [-0.4, -0.2) is 42.2 Å². The summed E-state index contributed by atoms with van der Waals surface area (Å²) in [4.78, 5) is 23.3. The molecular weight excluding hydrogens is 340 g/mol. The number of carbonyl (C=O) groups is 1. The van der Waals surface area contributed by atoms with Crippen LogP contribution >= 0.6 is 0 Å². The van der Waals surface area contributed by atoms with Crippen molar-refractivity contribution in [3.05, 3.63) is 41.6 Å². The zero-order valence-electron chi connectivity index (χ0n) is 16.1. The quantitative estimate of drug-likeness (QED) is 0.654. The van der Waals surface area contributed by atoms with Crippen LogP contribution in [0.5, 0.6) is 0 Å². The molecule has 0 spiro atoms. The minimum atomic E-state index is -0.219. The van der Waals surface area contributed by atoms with Crippen molar-refractivity contribution in [1.29, 1.82) is 0 Å². The number of urea groups is 1.